The number of anilines is 1. The van der Waals surface area contributed by atoms with Crippen LogP contribution in [0.5, 0.6) is 0 Å². The monoisotopic (exact) mass is 291 g/mol. The molecule has 0 saturated heterocycles. The molecule has 2 heterocycles. The normalized spacial score (nSPS) is 11.8. The van der Waals surface area contributed by atoms with E-state index in [4.69, 9.17) is 5.73 Å². The predicted molar refractivity (Wildman–Crippen MR) is 75.8 cm³/mol. The molecule has 7 heteroatoms. The number of hydrogen-bond acceptors (Lipinski definition) is 5. The number of carbonyl (C=O) groups is 2. The van der Waals surface area contributed by atoms with Gasteiger partial charge in [0, 0.05) is 10.6 Å². The molecule has 104 valence electrons. The lowest BCUT2D eigenvalue weighted by Gasteiger charge is -2.15. The Hall–Kier alpha value is -2.41. The second-order valence-corrected chi connectivity index (χ2v) is 5.12. The van der Waals surface area contributed by atoms with Crippen LogP contribution in [0.25, 0.3) is 0 Å². The number of carboxylic acid groups (broad SMARTS) is 1. The van der Waals surface area contributed by atoms with Gasteiger partial charge in [-0.05, 0) is 30.5 Å². The molecule has 6 nitrogen and oxygen atoms in total. The van der Waals surface area contributed by atoms with Crippen molar-refractivity contribution < 1.29 is 14.7 Å². The van der Waals surface area contributed by atoms with Gasteiger partial charge in [0.15, 0.2) is 6.04 Å². The van der Waals surface area contributed by atoms with Crippen molar-refractivity contribution in [1.29, 1.82) is 0 Å². The number of hydrogen-bond donors (Lipinski definition) is 3. The molecule has 0 bridgehead atoms. The lowest BCUT2D eigenvalue weighted by Crippen LogP contribution is -2.23. The Kier molecular flexibility index (Phi) is 3.99. The minimum atomic E-state index is -1.05. The van der Waals surface area contributed by atoms with E-state index in [1.807, 2.05) is 0 Å². The first-order valence-corrected chi connectivity index (χ1v) is 6.67. The van der Waals surface area contributed by atoms with E-state index in [1.165, 1.54) is 17.4 Å². The second-order valence-electron chi connectivity index (χ2n) is 4.14. The smallest absolute Gasteiger partial charge is 0.331 e. The number of nitrogens with zero attached hydrogens (tertiary/aromatic N) is 1. The van der Waals surface area contributed by atoms with Crippen LogP contribution in [0.3, 0.4) is 0 Å². The highest BCUT2D eigenvalue weighted by molar-refractivity contribution is 7.10. The lowest BCUT2D eigenvalue weighted by molar-refractivity contribution is -0.138. The molecule has 20 heavy (non-hydrogen) atoms. The molecule has 0 aliphatic rings. The van der Waals surface area contributed by atoms with E-state index in [-0.39, 0.29) is 11.4 Å². The van der Waals surface area contributed by atoms with Crippen LogP contribution in [0, 0.1) is 6.92 Å². The molecular formula is C13H13N3O3S. The van der Waals surface area contributed by atoms with Crippen LogP contribution in [0.2, 0.25) is 0 Å². The molecule has 0 radical (unpaired) electrons. The number of carboxylic acids is 1. The summed E-state index contributed by atoms with van der Waals surface area (Å²) in [4.78, 5) is 27.5. The summed E-state index contributed by atoms with van der Waals surface area (Å²) < 4.78 is 0. The van der Waals surface area contributed by atoms with Gasteiger partial charge in [0.1, 0.15) is 5.82 Å². The summed E-state index contributed by atoms with van der Waals surface area (Å²) >= 11 is 1.31. The summed E-state index contributed by atoms with van der Waals surface area (Å²) in [7, 11) is 0. The summed E-state index contributed by atoms with van der Waals surface area (Å²) in [6.07, 6.45) is 0. The number of amides is 1. The van der Waals surface area contributed by atoms with Gasteiger partial charge < -0.3 is 16.2 Å². The van der Waals surface area contributed by atoms with Gasteiger partial charge in [-0.3, -0.25) is 4.79 Å². The fourth-order valence-electron chi connectivity index (χ4n) is 1.71. The molecule has 4 N–H and O–H groups in total. The maximum absolute atomic E-state index is 11.4. The molecule has 0 fully saturated rings. The van der Waals surface area contributed by atoms with E-state index in [1.54, 1.807) is 30.5 Å². The van der Waals surface area contributed by atoms with Gasteiger partial charge in [-0.25, -0.2) is 9.78 Å². The molecule has 1 unspecified atom stereocenters. The highest BCUT2D eigenvalue weighted by Crippen LogP contribution is 2.25. The molecule has 0 spiro atoms. The second kappa shape index (κ2) is 5.70. The molecule has 0 aliphatic carbocycles. The summed E-state index contributed by atoms with van der Waals surface area (Å²) in [5, 5.41) is 13.9. The van der Waals surface area contributed by atoms with Gasteiger partial charge in [-0.2, -0.15) is 0 Å². The minimum absolute atomic E-state index is 0.165. The number of thiophene rings is 1. The Labute approximate surface area is 119 Å². The Morgan fingerprint density at radius 2 is 2.15 bits per heavy atom. The number of nitrogens with two attached hydrogens (primary N) is 1. The first-order valence-electron chi connectivity index (χ1n) is 5.79. The van der Waals surface area contributed by atoms with Crippen molar-refractivity contribution in [3.63, 3.8) is 0 Å². The number of aryl methyl sites for hydroxylation is 1. The maximum atomic E-state index is 11.4. The van der Waals surface area contributed by atoms with Crippen molar-refractivity contribution in [3.8, 4) is 0 Å². The average Bonchev–Trinajstić information content (AvgIpc) is 2.88. The van der Waals surface area contributed by atoms with Crippen molar-refractivity contribution in [2.24, 2.45) is 5.73 Å². The number of nitrogens with one attached hydrogen (secondary N) is 1. The zero-order valence-electron chi connectivity index (χ0n) is 10.7. The van der Waals surface area contributed by atoms with Crippen LogP contribution in [0.15, 0.2) is 29.6 Å². The van der Waals surface area contributed by atoms with Crippen LogP contribution < -0.4 is 11.1 Å². The Balaban J connectivity index is 2.38. The Bertz CT molecular complexity index is 640. The lowest BCUT2D eigenvalue weighted by atomic mass is 10.2. The SMILES string of the molecule is Cc1ccc(C(N)=O)c(NC(C(=O)O)c2cccs2)n1. The third kappa shape index (κ3) is 2.94. The van der Waals surface area contributed by atoms with Gasteiger partial charge in [-0.1, -0.05) is 6.07 Å². The van der Waals surface area contributed by atoms with Gasteiger partial charge in [0.25, 0.3) is 5.91 Å². The highest BCUT2D eigenvalue weighted by Gasteiger charge is 2.23. The standard InChI is InChI=1S/C13H13N3O3S/c1-7-4-5-8(11(14)17)12(15-7)16-10(13(18)19)9-3-2-6-20-9/h2-6,10H,1H3,(H2,14,17)(H,15,16)(H,18,19). The maximum Gasteiger partial charge on any atom is 0.331 e. The molecule has 0 saturated carbocycles. The summed E-state index contributed by atoms with van der Waals surface area (Å²) in [5.74, 6) is -1.53. The number of pyridine rings is 1. The first-order chi connectivity index (χ1) is 9.49. The zero-order valence-corrected chi connectivity index (χ0v) is 11.5. The van der Waals surface area contributed by atoms with Crippen LogP contribution >= 0.6 is 11.3 Å². The summed E-state index contributed by atoms with van der Waals surface area (Å²) in [6, 6.07) is 5.67. The quantitative estimate of drug-likeness (QED) is 0.778. The van der Waals surface area contributed by atoms with Crippen molar-refractivity contribution >= 4 is 29.0 Å². The number of aromatic nitrogens is 1. The largest absolute Gasteiger partial charge is 0.479 e. The van der Waals surface area contributed by atoms with Gasteiger partial charge >= 0.3 is 5.97 Å². The Morgan fingerprint density at radius 3 is 2.70 bits per heavy atom. The van der Waals surface area contributed by atoms with Gasteiger partial charge in [0.2, 0.25) is 0 Å². The highest BCUT2D eigenvalue weighted by atomic mass is 32.1. The van der Waals surface area contributed by atoms with E-state index in [0.717, 1.165) is 0 Å². The van der Waals surface area contributed by atoms with Crippen molar-refractivity contribution in [1.82, 2.24) is 4.98 Å². The number of carbonyl (C=O) groups excluding carboxylic acids is 1. The third-order valence-corrected chi connectivity index (χ3v) is 3.59. The number of primary amides is 1. The van der Waals surface area contributed by atoms with Crippen LogP contribution in [0.1, 0.15) is 27.0 Å². The van der Waals surface area contributed by atoms with E-state index < -0.39 is 17.9 Å². The topological polar surface area (TPSA) is 105 Å². The molecular weight excluding hydrogens is 278 g/mol. The van der Waals surface area contributed by atoms with Crippen LogP contribution in [-0.2, 0) is 4.79 Å². The molecule has 2 rings (SSSR count). The third-order valence-electron chi connectivity index (χ3n) is 2.66. The van der Waals surface area contributed by atoms with Crippen molar-refractivity contribution in [3.05, 3.63) is 45.8 Å². The summed E-state index contributed by atoms with van der Waals surface area (Å²) in [5.41, 5.74) is 6.10. The fourth-order valence-corrected chi connectivity index (χ4v) is 2.48. The molecule has 0 aliphatic heterocycles. The zero-order chi connectivity index (χ0) is 14.7. The van der Waals surface area contributed by atoms with E-state index >= 15 is 0 Å². The molecule has 1 atom stereocenters. The average molecular weight is 291 g/mol. The van der Waals surface area contributed by atoms with Crippen LogP contribution in [-0.4, -0.2) is 22.0 Å². The molecule has 1 amide bonds. The Morgan fingerprint density at radius 1 is 1.40 bits per heavy atom. The summed E-state index contributed by atoms with van der Waals surface area (Å²) in [6.45, 7) is 1.75. The molecule has 2 aromatic heterocycles. The van der Waals surface area contributed by atoms with Crippen LogP contribution in [0.4, 0.5) is 5.82 Å². The number of aliphatic carboxylic acids is 1. The molecule has 2 aromatic rings. The van der Waals surface area contributed by atoms with E-state index in [0.29, 0.717) is 10.6 Å². The predicted octanol–water partition coefficient (Wildman–Crippen LogP) is 1.79. The minimum Gasteiger partial charge on any atom is -0.479 e. The molecule has 0 aromatic carbocycles. The van der Waals surface area contributed by atoms with Crippen molar-refractivity contribution in [2.45, 2.75) is 13.0 Å². The number of rotatable bonds is 5. The van der Waals surface area contributed by atoms with Crippen molar-refractivity contribution in [2.75, 3.05) is 5.32 Å². The van der Waals surface area contributed by atoms with E-state index in [9.17, 15) is 14.7 Å². The van der Waals surface area contributed by atoms with Gasteiger partial charge in [0.05, 0.1) is 5.56 Å². The fraction of sp³-hybridized carbons (Fsp3) is 0.154. The van der Waals surface area contributed by atoms with E-state index in [2.05, 4.69) is 10.3 Å². The first kappa shape index (κ1) is 14.0. The van der Waals surface area contributed by atoms with Gasteiger partial charge in [-0.15, -0.1) is 11.3 Å².